The Kier molecular flexibility index (Phi) is 5.96. The van der Waals surface area contributed by atoms with Gasteiger partial charge in [-0.05, 0) is 28.7 Å². The SMILES string of the molecule is COc1cc(C(=O)OCc2ccc(C(C)(C)C)cc2)cc(Cl)c1OC. The molecule has 0 bridgehead atoms. The van der Waals surface area contributed by atoms with Crippen LogP contribution in [0, 0.1) is 0 Å². The van der Waals surface area contributed by atoms with Gasteiger partial charge in [-0.2, -0.15) is 0 Å². The maximum atomic E-state index is 12.3. The standard InChI is InChI=1S/C20H23ClO4/c1-20(2,3)15-8-6-13(7-9-15)12-25-19(22)14-10-16(21)18(24-5)17(11-14)23-4/h6-11H,12H2,1-5H3. The van der Waals surface area contributed by atoms with E-state index in [4.69, 9.17) is 25.8 Å². The molecule has 0 spiro atoms. The summed E-state index contributed by atoms with van der Waals surface area (Å²) in [6.45, 7) is 6.66. The number of hydrogen-bond acceptors (Lipinski definition) is 4. The minimum absolute atomic E-state index is 0.0889. The minimum atomic E-state index is -0.470. The van der Waals surface area contributed by atoms with Gasteiger partial charge in [0.1, 0.15) is 6.61 Å². The second-order valence-electron chi connectivity index (χ2n) is 6.72. The third kappa shape index (κ3) is 4.67. The summed E-state index contributed by atoms with van der Waals surface area (Å²) >= 11 is 6.12. The van der Waals surface area contributed by atoms with E-state index in [2.05, 4.69) is 32.9 Å². The normalized spacial score (nSPS) is 11.1. The van der Waals surface area contributed by atoms with Crippen LogP contribution in [0.4, 0.5) is 0 Å². The molecule has 4 nitrogen and oxygen atoms in total. The fourth-order valence-corrected chi connectivity index (χ4v) is 2.66. The molecule has 0 atom stereocenters. The van der Waals surface area contributed by atoms with Crippen molar-refractivity contribution in [3.63, 3.8) is 0 Å². The Balaban J connectivity index is 2.09. The fraction of sp³-hybridized carbons (Fsp3) is 0.350. The first-order valence-electron chi connectivity index (χ1n) is 7.94. The van der Waals surface area contributed by atoms with Crippen LogP contribution >= 0.6 is 11.6 Å². The molecule has 0 N–H and O–H groups in total. The Bertz CT molecular complexity index is 746. The van der Waals surface area contributed by atoms with E-state index >= 15 is 0 Å². The summed E-state index contributed by atoms with van der Waals surface area (Å²) in [5.41, 5.74) is 2.56. The van der Waals surface area contributed by atoms with E-state index in [-0.39, 0.29) is 12.0 Å². The van der Waals surface area contributed by atoms with Crippen LogP contribution in [0.2, 0.25) is 5.02 Å². The number of ether oxygens (including phenoxy) is 3. The van der Waals surface area contributed by atoms with Crippen molar-refractivity contribution in [1.82, 2.24) is 0 Å². The van der Waals surface area contributed by atoms with Gasteiger partial charge in [0.25, 0.3) is 0 Å². The zero-order valence-corrected chi connectivity index (χ0v) is 15.9. The molecule has 25 heavy (non-hydrogen) atoms. The topological polar surface area (TPSA) is 44.8 Å². The maximum Gasteiger partial charge on any atom is 0.338 e. The monoisotopic (exact) mass is 362 g/mol. The maximum absolute atomic E-state index is 12.3. The first-order chi connectivity index (χ1) is 11.8. The summed E-state index contributed by atoms with van der Waals surface area (Å²) in [4.78, 5) is 12.3. The highest BCUT2D eigenvalue weighted by atomic mass is 35.5. The molecule has 2 aromatic carbocycles. The second-order valence-corrected chi connectivity index (χ2v) is 7.12. The van der Waals surface area contributed by atoms with Crippen molar-refractivity contribution >= 4 is 17.6 Å². The van der Waals surface area contributed by atoms with Crippen molar-refractivity contribution in [2.75, 3.05) is 14.2 Å². The molecule has 134 valence electrons. The van der Waals surface area contributed by atoms with Crippen molar-refractivity contribution in [3.8, 4) is 11.5 Å². The first-order valence-corrected chi connectivity index (χ1v) is 8.32. The Morgan fingerprint density at radius 3 is 2.20 bits per heavy atom. The average Bonchev–Trinajstić information content (AvgIpc) is 2.58. The molecular formula is C20H23ClO4. The summed E-state index contributed by atoms with van der Waals surface area (Å²) in [7, 11) is 2.98. The lowest BCUT2D eigenvalue weighted by Crippen LogP contribution is -2.11. The van der Waals surface area contributed by atoms with Gasteiger partial charge in [-0.25, -0.2) is 4.79 Å². The molecule has 2 rings (SSSR count). The molecule has 0 heterocycles. The molecule has 0 aliphatic rings. The first kappa shape index (κ1) is 19.1. The van der Waals surface area contributed by atoms with Gasteiger partial charge in [-0.1, -0.05) is 56.6 Å². The predicted molar refractivity (Wildman–Crippen MR) is 98.8 cm³/mol. The molecule has 0 unspecified atom stereocenters. The average molecular weight is 363 g/mol. The molecule has 0 aromatic heterocycles. The highest BCUT2D eigenvalue weighted by molar-refractivity contribution is 6.32. The summed E-state index contributed by atoms with van der Waals surface area (Å²) < 4.78 is 15.7. The number of benzene rings is 2. The van der Waals surface area contributed by atoms with E-state index in [0.717, 1.165) is 5.56 Å². The van der Waals surface area contributed by atoms with Crippen LogP contribution in [0.1, 0.15) is 42.3 Å². The highest BCUT2D eigenvalue weighted by Crippen LogP contribution is 2.36. The van der Waals surface area contributed by atoms with Crippen LogP contribution in [0.5, 0.6) is 11.5 Å². The van der Waals surface area contributed by atoms with Gasteiger partial charge >= 0.3 is 5.97 Å². The lowest BCUT2D eigenvalue weighted by molar-refractivity contribution is 0.0472. The van der Waals surface area contributed by atoms with E-state index in [0.29, 0.717) is 22.1 Å². The summed E-state index contributed by atoms with van der Waals surface area (Å²) in [5, 5.41) is 0.295. The second kappa shape index (κ2) is 7.79. The fourth-order valence-electron chi connectivity index (χ4n) is 2.37. The van der Waals surface area contributed by atoms with Crippen LogP contribution < -0.4 is 9.47 Å². The Morgan fingerprint density at radius 2 is 1.68 bits per heavy atom. The third-order valence-corrected chi connectivity index (χ3v) is 4.14. The predicted octanol–water partition coefficient (Wildman–Crippen LogP) is 5.01. The van der Waals surface area contributed by atoms with E-state index in [1.54, 1.807) is 6.07 Å². The zero-order chi connectivity index (χ0) is 18.6. The number of rotatable bonds is 5. The van der Waals surface area contributed by atoms with Crippen molar-refractivity contribution in [1.29, 1.82) is 0 Å². The molecule has 0 aliphatic heterocycles. The summed E-state index contributed by atoms with van der Waals surface area (Å²) in [6, 6.07) is 11.1. The number of methoxy groups -OCH3 is 2. The molecule has 0 saturated carbocycles. The van der Waals surface area contributed by atoms with E-state index < -0.39 is 5.97 Å². The van der Waals surface area contributed by atoms with Crippen LogP contribution in [0.3, 0.4) is 0 Å². The van der Waals surface area contributed by atoms with Crippen LogP contribution in [-0.2, 0) is 16.8 Å². The van der Waals surface area contributed by atoms with Crippen molar-refractivity contribution in [3.05, 3.63) is 58.1 Å². The number of carbonyl (C=O) groups is 1. The molecule has 0 fully saturated rings. The number of esters is 1. The molecule has 0 saturated heterocycles. The lowest BCUT2D eigenvalue weighted by atomic mass is 9.87. The smallest absolute Gasteiger partial charge is 0.338 e. The van der Waals surface area contributed by atoms with Crippen LogP contribution in [0.25, 0.3) is 0 Å². The Hall–Kier alpha value is -2.20. The van der Waals surface area contributed by atoms with Gasteiger partial charge in [0, 0.05) is 0 Å². The van der Waals surface area contributed by atoms with E-state index in [1.807, 2.05) is 12.1 Å². The van der Waals surface area contributed by atoms with Crippen LogP contribution in [-0.4, -0.2) is 20.2 Å². The zero-order valence-electron chi connectivity index (χ0n) is 15.2. The number of hydrogen-bond donors (Lipinski definition) is 0. The summed E-state index contributed by atoms with van der Waals surface area (Å²) in [5.74, 6) is 0.303. The highest BCUT2D eigenvalue weighted by Gasteiger charge is 2.17. The van der Waals surface area contributed by atoms with Gasteiger partial charge in [-0.15, -0.1) is 0 Å². The Labute approximate surface area is 153 Å². The van der Waals surface area contributed by atoms with Gasteiger partial charge in [0.05, 0.1) is 24.8 Å². The summed E-state index contributed by atoms with van der Waals surface area (Å²) in [6.07, 6.45) is 0. The molecule has 0 aliphatic carbocycles. The van der Waals surface area contributed by atoms with Crippen molar-refractivity contribution < 1.29 is 19.0 Å². The lowest BCUT2D eigenvalue weighted by Gasteiger charge is -2.19. The van der Waals surface area contributed by atoms with Gasteiger partial charge < -0.3 is 14.2 Å². The van der Waals surface area contributed by atoms with Gasteiger partial charge in [0.15, 0.2) is 11.5 Å². The Morgan fingerprint density at radius 1 is 1.04 bits per heavy atom. The van der Waals surface area contributed by atoms with Crippen LogP contribution in [0.15, 0.2) is 36.4 Å². The number of halogens is 1. The third-order valence-electron chi connectivity index (χ3n) is 3.86. The van der Waals surface area contributed by atoms with Gasteiger partial charge in [0.2, 0.25) is 0 Å². The molecule has 0 amide bonds. The molecule has 0 radical (unpaired) electrons. The van der Waals surface area contributed by atoms with Crippen molar-refractivity contribution in [2.24, 2.45) is 0 Å². The van der Waals surface area contributed by atoms with Crippen molar-refractivity contribution in [2.45, 2.75) is 32.8 Å². The molecule has 2 aromatic rings. The minimum Gasteiger partial charge on any atom is -0.493 e. The molecular weight excluding hydrogens is 340 g/mol. The number of carbonyl (C=O) groups excluding carboxylic acids is 1. The quantitative estimate of drug-likeness (QED) is 0.701. The largest absolute Gasteiger partial charge is 0.493 e. The van der Waals surface area contributed by atoms with Gasteiger partial charge in [-0.3, -0.25) is 0 Å². The van der Waals surface area contributed by atoms with E-state index in [1.165, 1.54) is 25.8 Å². The van der Waals surface area contributed by atoms with E-state index in [9.17, 15) is 4.79 Å². The molecule has 5 heteroatoms.